The van der Waals surface area contributed by atoms with Crippen LogP contribution in [0.1, 0.15) is 31.5 Å². The van der Waals surface area contributed by atoms with Gasteiger partial charge in [-0.25, -0.2) is 4.98 Å². The molecule has 0 saturated carbocycles. The second-order valence-corrected chi connectivity index (χ2v) is 4.72. The van der Waals surface area contributed by atoms with Gasteiger partial charge in [0.15, 0.2) is 0 Å². The van der Waals surface area contributed by atoms with Crippen molar-refractivity contribution in [3.8, 4) is 17.4 Å². The summed E-state index contributed by atoms with van der Waals surface area (Å²) in [6, 6.07) is 11.1. The Morgan fingerprint density at radius 1 is 1.05 bits per heavy atom. The van der Waals surface area contributed by atoms with Crippen molar-refractivity contribution in [3.05, 3.63) is 47.7 Å². The first-order valence-corrected chi connectivity index (χ1v) is 7.26. The Bertz CT molecular complexity index is 567. The minimum atomic E-state index is -0.0150. The largest absolute Gasteiger partial charge is 0.494 e. The van der Waals surface area contributed by atoms with Crippen LogP contribution >= 0.6 is 0 Å². The van der Waals surface area contributed by atoms with E-state index in [2.05, 4.69) is 11.9 Å². The van der Waals surface area contributed by atoms with Crippen molar-refractivity contribution in [2.45, 2.75) is 33.3 Å². The van der Waals surface area contributed by atoms with Crippen molar-refractivity contribution in [3.63, 3.8) is 0 Å². The van der Waals surface area contributed by atoms with Gasteiger partial charge in [0.2, 0.25) is 5.88 Å². The van der Waals surface area contributed by atoms with Crippen molar-refractivity contribution < 1.29 is 14.6 Å². The van der Waals surface area contributed by atoms with E-state index in [1.165, 1.54) is 0 Å². The van der Waals surface area contributed by atoms with E-state index >= 15 is 0 Å². The second-order valence-electron chi connectivity index (χ2n) is 4.72. The molecule has 0 unspecified atom stereocenters. The maximum Gasteiger partial charge on any atom is 0.219 e. The lowest BCUT2D eigenvalue weighted by molar-refractivity contribution is 0.280. The first kappa shape index (κ1) is 15.3. The van der Waals surface area contributed by atoms with Crippen LogP contribution in [0, 0.1) is 0 Å². The van der Waals surface area contributed by atoms with Crippen LogP contribution < -0.4 is 9.47 Å². The number of ether oxygens (including phenoxy) is 2. The zero-order valence-electron chi connectivity index (χ0n) is 12.5. The van der Waals surface area contributed by atoms with Crippen LogP contribution in [-0.2, 0) is 13.0 Å². The molecule has 0 bridgehead atoms. The Labute approximate surface area is 125 Å². The van der Waals surface area contributed by atoms with Crippen LogP contribution in [0.4, 0.5) is 0 Å². The summed E-state index contributed by atoms with van der Waals surface area (Å²) in [5.74, 6) is 2.02. The lowest BCUT2D eigenvalue weighted by Crippen LogP contribution is -1.97. The summed E-state index contributed by atoms with van der Waals surface area (Å²) in [7, 11) is 0. The fourth-order valence-corrected chi connectivity index (χ4v) is 2.04. The third-order valence-corrected chi connectivity index (χ3v) is 2.96. The molecule has 0 saturated heterocycles. The number of aromatic nitrogens is 1. The van der Waals surface area contributed by atoms with E-state index in [1.807, 2.05) is 37.3 Å². The van der Waals surface area contributed by atoms with Crippen molar-refractivity contribution in [1.82, 2.24) is 4.98 Å². The lowest BCUT2D eigenvalue weighted by Gasteiger charge is -2.09. The highest BCUT2D eigenvalue weighted by Gasteiger charge is 2.05. The number of aliphatic hydroxyl groups excluding tert-OH is 1. The van der Waals surface area contributed by atoms with Gasteiger partial charge < -0.3 is 14.6 Å². The molecule has 0 aliphatic carbocycles. The molecule has 21 heavy (non-hydrogen) atoms. The molecule has 0 atom stereocenters. The summed E-state index contributed by atoms with van der Waals surface area (Å²) in [6.45, 7) is 4.67. The van der Waals surface area contributed by atoms with E-state index in [0.717, 1.165) is 29.8 Å². The smallest absolute Gasteiger partial charge is 0.219 e. The topological polar surface area (TPSA) is 51.6 Å². The fourth-order valence-electron chi connectivity index (χ4n) is 2.04. The van der Waals surface area contributed by atoms with Crippen LogP contribution in [0.3, 0.4) is 0 Å². The molecule has 1 aromatic carbocycles. The van der Waals surface area contributed by atoms with E-state index in [-0.39, 0.29) is 6.61 Å². The zero-order valence-corrected chi connectivity index (χ0v) is 12.5. The zero-order chi connectivity index (χ0) is 15.1. The Kier molecular flexibility index (Phi) is 5.58. The highest BCUT2D eigenvalue weighted by atomic mass is 16.5. The van der Waals surface area contributed by atoms with Gasteiger partial charge in [0.05, 0.1) is 13.2 Å². The molecule has 4 nitrogen and oxygen atoms in total. The second kappa shape index (κ2) is 7.64. The molecule has 2 rings (SSSR count). The average Bonchev–Trinajstić information content (AvgIpc) is 2.49. The third-order valence-electron chi connectivity index (χ3n) is 2.96. The molecule has 0 aliphatic heterocycles. The molecule has 1 heterocycles. The first-order valence-electron chi connectivity index (χ1n) is 7.26. The van der Waals surface area contributed by atoms with Crippen molar-refractivity contribution in [1.29, 1.82) is 0 Å². The highest BCUT2D eigenvalue weighted by Crippen LogP contribution is 2.24. The van der Waals surface area contributed by atoms with Gasteiger partial charge in [0.1, 0.15) is 11.5 Å². The predicted octanol–water partition coefficient (Wildman–Crippen LogP) is 3.72. The number of rotatable bonds is 7. The summed E-state index contributed by atoms with van der Waals surface area (Å²) < 4.78 is 11.2. The fraction of sp³-hybridized carbons (Fsp3) is 0.353. The van der Waals surface area contributed by atoms with Gasteiger partial charge in [0.25, 0.3) is 0 Å². The molecule has 0 spiro atoms. The quantitative estimate of drug-likeness (QED) is 0.843. The summed E-state index contributed by atoms with van der Waals surface area (Å²) >= 11 is 0. The molecular weight excluding hydrogens is 266 g/mol. The molecular formula is C17H21NO3. The van der Waals surface area contributed by atoms with Gasteiger partial charge in [-0.05, 0) is 49.2 Å². The van der Waals surface area contributed by atoms with Gasteiger partial charge in [0, 0.05) is 11.8 Å². The predicted molar refractivity (Wildman–Crippen MR) is 81.8 cm³/mol. The van der Waals surface area contributed by atoms with Crippen LogP contribution in [0.2, 0.25) is 0 Å². The van der Waals surface area contributed by atoms with E-state index in [4.69, 9.17) is 9.47 Å². The normalized spacial score (nSPS) is 10.4. The van der Waals surface area contributed by atoms with Crippen LogP contribution in [0.25, 0.3) is 0 Å². The molecule has 112 valence electrons. The van der Waals surface area contributed by atoms with Crippen molar-refractivity contribution in [2.24, 2.45) is 0 Å². The molecule has 2 aromatic rings. The summed E-state index contributed by atoms with van der Waals surface area (Å²) in [5, 5.41) is 9.32. The number of aryl methyl sites for hydroxylation is 1. The number of hydrogen-bond donors (Lipinski definition) is 1. The highest BCUT2D eigenvalue weighted by molar-refractivity contribution is 5.35. The van der Waals surface area contributed by atoms with E-state index in [0.29, 0.717) is 18.2 Å². The lowest BCUT2D eigenvalue weighted by atomic mass is 10.2. The number of aliphatic hydroxyl groups is 1. The molecule has 0 fully saturated rings. The summed E-state index contributed by atoms with van der Waals surface area (Å²) in [4.78, 5) is 4.46. The molecule has 1 N–H and O–H groups in total. The molecule has 0 amide bonds. The molecule has 4 heteroatoms. The molecule has 0 aliphatic rings. The van der Waals surface area contributed by atoms with E-state index in [1.54, 1.807) is 6.07 Å². The van der Waals surface area contributed by atoms with Gasteiger partial charge >= 0.3 is 0 Å². The summed E-state index contributed by atoms with van der Waals surface area (Å²) in [5.41, 5.74) is 1.75. The van der Waals surface area contributed by atoms with Crippen molar-refractivity contribution in [2.75, 3.05) is 6.61 Å². The number of hydrogen-bond acceptors (Lipinski definition) is 4. The van der Waals surface area contributed by atoms with Gasteiger partial charge in [-0.3, -0.25) is 0 Å². The minimum absolute atomic E-state index is 0.0150. The van der Waals surface area contributed by atoms with Crippen LogP contribution in [0.5, 0.6) is 17.4 Å². The van der Waals surface area contributed by atoms with Crippen LogP contribution in [-0.4, -0.2) is 16.7 Å². The summed E-state index contributed by atoms with van der Waals surface area (Å²) in [6.07, 6.45) is 1.87. The number of nitrogens with zero attached hydrogens (tertiary/aromatic N) is 1. The number of pyridine rings is 1. The monoisotopic (exact) mass is 287 g/mol. The molecule has 0 radical (unpaired) electrons. The minimum Gasteiger partial charge on any atom is -0.494 e. The Balaban J connectivity index is 2.15. The Morgan fingerprint density at radius 3 is 2.38 bits per heavy atom. The van der Waals surface area contributed by atoms with Crippen LogP contribution in [0.15, 0.2) is 36.4 Å². The number of benzene rings is 1. The van der Waals surface area contributed by atoms with Gasteiger partial charge in [-0.2, -0.15) is 0 Å². The first-order chi connectivity index (χ1) is 10.2. The van der Waals surface area contributed by atoms with Gasteiger partial charge in [-0.1, -0.05) is 13.3 Å². The molecule has 1 aromatic heterocycles. The van der Waals surface area contributed by atoms with Gasteiger partial charge in [-0.15, -0.1) is 0 Å². The maximum absolute atomic E-state index is 9.32. The Hall–Kier alpha value is -2.07. The van der Waals surface area contributed by atoms with E-state index in [9.17, 15) is 5.11 Å². The van der Waals surface area contributed by atoms with E-state index < -0.39 is 0 Å². The third kappa shape index (κ3) is 4.46. The van der Waals surface area contributed by atoms with Crippen molar-refractivity contribution >= 4 is 0 Å². The average molecular weight is 287 g/mol. The maximum atomic E-state index is 9.32. The SMILES string of the molecule is CCCc1cc(CO)cc(Oc2ccc(OCC)cc2)n1. The standard InChI is InChI=1S/C17H21NO3/c1-3-5-14-10-13(12-19)11-17(18-14)21-16-8-6-15(7-9-16)20-4-2/h6-11,19H,3-5,12H2,1-2H3. The Morgan fingerprint density at radius 2 is 1.76 bits per heavy atom.